The summed E-state index contributed by atoms with van der Waals surface area (Å²) < 4.78 is 38.5. The van der Waals surface area contributed by atoms with Crippen molar-refractivity contribution in [1.29, 1.82) is 0 Å². The minimum Gasteiger partial charge on any atom is -0.380 e. The minimum absolute atomic E-state index is 0.0679. The van der Waals surface area contributed by atoms with Gasteiger partial charge in [0.25, 0.3) is 0 Å². The topological polar surface area (TPSA) is 24.9 Å². The fraction of sp³-hybridized carbons (Fsp3) is 0.214. The zero-order chi connectivity index (χ0) is 14.8. The molecule has 1 aromatic carbocycles. The monoisotopic (exact) mass is 300 g/mol. The maximum absolute atomic E-state index is 12.8. The third-order valence-corrected chi connectivity index (χ3v) is 3.22. The first-order valence-corrected chi connectivity index (χ1v) is 6.27. The molecule has 0 radical (unpaired) electrons. The highest BCUT2D eigenvalue weighted by Crippen LogP contribution is 2.32. The van der Waals surface area contributed by atoms with Gasteiger partial charge in [-0.15, -0.1) is 0 Å². The van der Waals surface area contributed by atoms with Gasteiger partial charge in [-0.1, -0.05) is 29.8 Å². The molecule has 2 aromatic rings. The summed E-state index contributed by atoms with van der Waals surface area (Å²) >= 11 is 5.80. The Kier molecular flexibility index (Phi) is 4.18. The van der Waals surface area contributed by atoms with Gasteiger partial charge in [0.2, 0.25) is 0 Å². The largest absolute Gasteiger partial charge is 0.416 e. The van der Waals surface area contributed by atoms with Crippen molar-refractivity contribution in [3.8, 4) is 0 Å². The van der Waals surface area contributed by atoms with E-state index in [-0.39, 0.29) is 12.1 Å². The van der Waals surface area contributed by atoms with Crippen molar-refractivity contribution in [3.05, 3.63) is 58.4 Å². The Hall–Kier alpha value is -1.75. The minimum atomic E-state index is -4.35. The zero-order valence-electron chi connectivity index (χ0n) is 10.6. The summed E-state index contributed by atoms with van der Waals surface area (Å²) in [4.78, 5) is 3.94. The van der Waals surface area contributed by atoms with Crippen molar-refractivity contribution >= 4 is 17.3 Å². The van der Waals surface area contributed by atoms with Gasteiger partial charge in [-0.05, 0) is 30.2 Å². The highest BCUT2D eigenvalue weighted by molar-refractivity contribution is 6.30. The standard InChI is InChI=1S/C14H12ClF3N2/c1-9-6-11(8-20-13(9)15)19-7-10-4-2-3-5-12(10)14(16,17)18/h2-6,8,19H,7H2,1H3. The molecule has 0 aliphatic carbocycles. The molecular formula is C14H12ClF3N2. The van der Waals surface area contributed by atoms with Crippen LogP contribution in [-0.2, 0) is 12.7 Å². The van der Waals surface area contributed by atoms with Crippen molar-refractivity contribution in [2.45, 2.75) is 19.6 Å². The summed E-state index contributed by atoms with van der Waals surface area (Å²) in [5.74, 6) is 0. The number of benzene rings is 1. The van der Waals surface area contributed by atoms with Gasteiger partial charge in [-0.2, -0.15) is 13.2 Å². The van der Waals surface area contributed by atoms with Crippen LogP contribution in [0.2, 0.25) is 5.15 Å². The lowest BCUT2D eigenvalue weighted by Gasteiger charge is -2.14. The first kappa shape index (κ1) is 14.7. The second-order valence-corrected chi connectivity index (χ2v) is 4.70. The quantitative estimate of drug-likeness (QED) is 0.833. The third-order valence-electron chi connectivity index (χ3n) is 2.82. The number of pyridine rings is 1. The lowest BCUT2D eigenvalue weighted by atomic mass is 10.1. The number of hydrogen-bond donors (Lipinski definition) is 1. The molecule has 0 aliphatic heterocycles. The summed E-state index contributed by atoms with van der Waals surface area (Å²) in [6.07, 6.45) is -2.86. The van der Waals surface area contributed by atoms with Crippen LogP contribution in [0.5, 0.6) is 0 Å². The molecule has 106 valence electrons. The van der Waals surface area contributed by atoms with Gasteiger partial charge in [-0.25, -0.2) is 4.98 Å². The van der Waals surface area contributed by atoms with E-state index in [2.05, 4.69) is 10.3 Å². The molecule has 1 aromatic heterocycles. The van der Waals surface area contributed by atoms with E-state index in [9.17, 15) is 13.2 Å². The number of rotatable bonds is 3. The maximum Gasteiger partial charge on any atom is 0.416 e. The Bertz CT molecular complexity index is 612. The molecule has 0 spiro atoms. The number of alkyl halides is 3. The summed E-state index contributed by atoms with van der Waals surface area (Å²) in [5.41, 5.74) is 0.948. The number of nitrogens with one attached hydrogen (secondary N) is 1. The summed E-state index contributed by atoms with van der Waals surface area (Å²) in [6, 6.07) is 7.22. The Morgan fingerprint density at radius 3 is 2.60 bits per heavy atom. The summed E-state index contributed by atoms with van der Waals surface area (Å²) in [5, 5.41) is 3.30. The van der Waals surface area contributed by atoms with Crippen LogP contribution in [0, 0.1) is 6.92 Å². The third kappa shape index (κ3) is 3.42. The van der Waals surface area contributed by atoms with Crippen LogP contribution in [0.15, 0.2) is 36.5 Å². The summed E-state index contributed by atoms with van der Waals surface area (Å²) in [6.45, 7) is 1.85. The van der Waals surface area contributed by atoms with Gasteiger partial charge in [0.15, 0.2) is 0 Å². The Morgan fingerprint density at radius 2 is 1.95 bits per heavy atom. The molecular weight excluding hydrogens is 289 g/mol. The molecule has 0 saturated carbocycles. The van der Waals surface area contributed by atoms with Crippen LogP contribution in [0.1, 0.15) is 16.7 Å². The maximum atomic E-state index is 12.8. The van der Waals surface area contributed by atoms with Crippen molar-refractivity contribution in [2.24, 2.45) is 0 Å². The second-order valence-electron chi connectivity index (χ2n) is 4.34. The smallest absolute Gasteiger partial charge is 0.380 e. The van der Waals surface area contributed by atoms with E-state index >= 15 is 0 Å². The van der Waals surface area contributed by atoms with E-state index < -0.39 is 11.7 Å². The first-order valence-electron chi connectivity index (χ1n) is 5.89. The molecule has 0 fully saturated rings. The Balaban J connectivity index is 2.17. The molecule has 0 saturated heterocycles. The van der Waals surface area contributed by atoms with Gasteiger partial charge in [0.05, 0.1) is 17.4 Å². The van der Waals surface area contributed by atoms with Gasteiger partial charge in [0, 0.05) is 6.54 Å². The lowest BCUT2D eigenvalue weighted by molar-refractivity contribution is -0.138. The Labute approximate surface area is 119 Å². The van der Waals surface area contributed by atoms with E-state index in [1.165, 1.54) is 18.3 Å². The van der Waals surface area contributed by atoms with Crippen LogP contribution in [0.25, 0.3) is 0 Å². The van der Waals surface area contributed by atoms with Crippen LogP contribution < -0.4 is 5.32 Å². The zero-order valence-corrected chi connectivity index (χ0v) is 11.4. The van der Waals surface area contributed by atoms with Gasteiger partial charge in [0.1, 0.15) is 5.15 Å². The number of anilines is 1. The van der Waals surface area contributed by atoms with E-state index in [1.807, 2.05) is 0 Å². The molecule has 6 heteroatoms. The second kappa shape index (κ2) is 5.71. The Morgan fingerprint density at radius 1 is 1.25 bits per heavy atom. The molecule has 2 rings (SSSR count). The van der Waals surface area contributed by atoms with Gasteiger partial charge >= 0.3 is 6.18 Å². The summed E-state index contributed by atoms with van der Waals surface area (Å²) in [7, 11) is 0. The van der Waals surface area contributed by atoms with E-state index in [0.29, 0.717) is 10.8 Å². The molecule has 0 bridgehead atoms. The average Bonchev–Trinajstić information content (AvgIpc) is 2.39. The van der Waals surface area contributed by atoms with E-state index in [4.69, 9.17) is 11.6 Å². The number of nitrogens with zero attached hydrogens (tertiary/aromatic N) is 1. The normalized spacial score (nSPS) is 11.4. The molecule has 0 aliphatic rings. The van der Waals surface area contributed by atoms with Crippen molar-refractivity contribution in [1.82, 2.24) is 4.98 Å². The van der Waals surface area contributed by atoms with Crippen LogP contribution >= 0.6 is 11.6 Å². The molecule has 0 atom stereocenters. The molecule has 0 amide bonds. The van der Waals surface area contributed by atoms with Crippen molar-refractivity contribution in [2.75, 3.05) is 5.32 Å². The highest BCUT2D eigenvalue weighted by Gasteiger charge is 2.32. The average molecular weight is 301 g/mol. The molecule has 1 N–H and O–H groups in total. The molecule has 0 unspecified atom stereocenters. The highest BCUT2D eigenvalue weighted by atomic mass is 35.5. The van der Waals surface area contributed by atoms with Crippen molar-refractivity contribution < 1.29 is 13.2 Å². The van der Waals surface area contributed by atoms with Gasteiger partial charge in [-0.3, -0.25) is 0 Å². The fourth-order valence-corrected chi connectivity index (χ4v) is 1.91. The lowest BCUT2D eigenvalue weighted by Crippen LogP contribution is -2.11. The van der Waals surface area contributed by atoms with E-state index in [0.717, 1.165) is 11.6 Å². The number of halogens is 4. The van der Waals surface area contributed by atoms with E-state index in [1.54, 1.807) is 19.1 Å². The molecule has 2 nitrogen and oxygen atoms in total. The van der Waals surface area contributed by atoms with Crippen LogP contribution in [-0.4, -0.2) is 4.98 Å². The molecule has 20 heavy (non-hydrogen) atoms. The van der Waals surface area contributed by atoms with Gasteiger partial charge < -0.3 is 5.32 Å². The SMILES string of the molecule is Cc1cc(NCc2ccccc2C(F)(F)F)cnc1Cl. The fourth-order valence-electron chi connectivity index (χ4n) is 1.80. The number of aromatic nitrogens is 1. The number of hydrogen-bond acceptors (Lipinski definition) is 2. The van der Waals surface area contributed by atoms with Crippen LogP contribution in [0.4, 0.5) is 18.9 Å². The van der Waals surface area contributed by atoms with Crippen molar-refractivity contribution in [3.63, 3.8) is 0 Å². The first-order chi connectivity index (χ1) is 9.38. The predicted molar refractivity (Wildman–Crippen MR) is 72.8 cm³/mol. The predicted octanol–water partition coefficient (Wildman–Crippen LogP) is 4.67. The number of aryl methyl sites for hydroxylation is 1. The molecule has 1 heterocycles. The van der Waals surface area contributed by atoms with Crippen LogP contribution in [0.3, 0.4) is 0 Å².